The molecule has 1 saturated heterocycles. The van der Waals surface area contributed by atoms with Crippen LogP contribution < -0.4 is 0 Å². The first kappa shape index (κ1) is 20.9. The third-order valence-corrected chi connectivity index (χ3v) is 6.65. The van der Waals surface area contributed by atoms with E-state index in [0.717, 1.165) is 5.56 Å². The summed E-state index contributed by atoms with van der Waals surface area (Å²) in [6.07, 6.45) is 0. The molecule has 1 aliphatic heterocycles. The van der Waals surface area contributed by atoms with Crippen molar-refractivity contribution in [2.75, 3.05) is 33.3 Å². The van der Waals surface area contributed by atoms with Crippen molar-refractivity contribution < 1.29 is 22.9 Å². The zero-order valence-corrected chi connectivity index (χ0v) is 16.7. The van der Waals surface area contributed by atoms with E-state index in [2.05, 4.69) is 9.64 Å². The normalized spacial score (nSPS) is 15.8. The highest BCUT2D eigenvalue weighted by Gasteiger charge is 2.29. The smallest absolute Gasteiger partial charge is 0.337 e. The lowest BCUT2D eigenvalue weighted by Crippen LogP contribution is -2.48. The largest absolute Gasteiger partial charge is 0.465 e. The minimum Gasteiger partial charge on any atom is -0.465 e. The van der Waals surface area contributed by atoms with Crippen molar-refractivity contribution in [2.45, 2.75) is 11.4 Å². The van der Waals surface area contributed by atoms with Gasteiger partial charge in [0, 0.05) is 44.9 Å². The molecule has 0 radical (unpaired) electrons. The minimum absolute atomic E-state index is 0.0363. The SMILES string of the molecule is COC(=O)c1cccc(S(=O)(=O)N2CCN(Cc3cccc([N+](=O)[O-])c3)CC2)c1. The summed E-state index contributed by atoms with van der Waals surface area (Å²) < 4.78 is 31.9. The maximum atomic E-state index is 12.9. The number of sulfonamides is 1. The van der Waals surface area contributed by atoms with Crippen molar-refractivity contribution >= 4 is 21.7 Å². The predicted octanol–water partition coefficient (Wildman–Crippen LogP) is 1.89. The fraction of sp³-hybridized carbons (Fsp3) is 0.316. The van der Waals surface area contributed by atoms with Crippen LogP contribution in [0.2, 0.25) is 0 Å². The van der Waals surface area contributed by atoms with E-state index < -0.39 is 20.9 Å². The number of piperazine rings is 1. The van der Waals surface area contributed by atoms with Crippen LogP contribution in [-0.4, -0.2) is 61.8 Å². The number of nitro groups is 1. The van der Waals surface area contributed by atoms with Gasteiger partial charge in [-0.3, -0.25) is 15.0 Å². The van der Waals surface area contributed by atoms with E-state index >= 15 is 0 Å². The summed E-state index contributed by atoms with van der Waals surface area (Å²) in [5, 5.41) is 10.9. The molecule has 9 nitrogen and oxygen atoms in total. The van der Waals surface area contributed by atoms with Crippen LogP contribution in [0.3, 0.4) is 0 Å². The number of hydrogen-bond donors (Lipinski definition) is 0. The highest BCUT2D eigenvalue weighted by molar-refractivity contribution is 7.89. The zero-order valence-electron chi connectivity index (χ0n) is 15.9. The third-order valence-electron chi connectivity index (χ3n) is 4.75. The van der Waals surface area contributed by atoms with Crippen LogP contribution in [0.5, 0.6) is 0 Å². The Kier molecular flexibility index (Phi) is 6.26. The van der Waals surface area contributed by atoms with Crippen LogP contribution in [0.4, 0.5) is 5.69 Å². The quantitative estimate of drug-likeness (QED) is 0.399. The van der Waals surface area contributed by atoms with E-state index in [4.69, 9.17) is 0 Å². The summed E-state index contributed by atoms with van der Waals surface area (Å²) in [5.74, 6) is -0.594. The monoisotopic (exact) mass is 419 g/mol. The van der Waals surface area contributed by atoms with Gasteiger partial charge in [0.15, 0.2) is 0 Å². The number of carbonyl (C=O) groups excluding carboxylic acids is 1. The van der Waals surface area contributed by atoms with Crippen LogP contribution in [0.15, 0.2) is 53.4 Å². The van der Waals surface area contributed by atoms with Crippen LogP contribution in [-0.2, 0) is 21.3 Å². The summed E-state index contributed by atoms with van der Waals surface area (Å²) in [5.41, 5.74) is 1.02. The molecular weight excluding hydrogens is 398 g/mol. The standard InChI is InChI=1S/C19H21N3O6S/c1-28-19(23)16-5-3-7-18(13-16)29(26,27)21-10-8-20(9-11-21)14-15-4-2-6-17(12-15)22(24)25/h2-7,12-13H,8-11,14H2,1H3. The molecule has 2 aromatic rings. The van der Waals surface area contributed by atoms with Crippen molar-refractivity contribution in [3.05, 3.63) is 69.8 Å². The number of esters is 1. The molecule has 0 amide bonds. The number of nitrogens with zero attached hydrogens (tertiary/aromatic N) is 3. The Morgan fingerprint density at radius 3 is 2.45 bits per heavy atom. The number of methoxy groups -OCH3 is 1. The van der Waals surface area contributed by atoms with Gasteiger partial charge in [0.2, 0.25) is 10.0 Å². The van der Waals surface area contributed by atoms with Crippen molar-refractivity contribution in [1.29, 1.82) is 0 Å². The molecule has 10 heteroatoms. The molecule has 0 aliphatic carbocycles. The van der Waals surface area contributed by atoms with Gasteiger partial charge in [-0.25, -0.2) is 13.2 Å². The fourth-order valence-corrected chi connectivity index (χ4v) is 4.67. The molecule has 0 aromatic heterocycles. The molecule has 1 aliphatic rings. The molecule has 0 atom stereocenters. The molecule has 0 N–H and O–H groups in total. The Labute approximate surface area is 168 Å². The zero-order chi connectivity index (χ0) is 21.0. The van der Waals surface area contributed by atoms with E-state index in [1.807, 2.05) is 6.07 Å². The molecule has 0 unspecified atom stereocenters. The highest BCUT2D eigenvalue weighted by atomic mass is 32.2. The second-order valence-corrected chi connectivity index (χ2v) is 8.56. The summed E-state index contributed by atoms with van der Waals surface area (Å²) in [6.45, 7) is 2.09. The molecule has 3 rings (SSSR count). The molecule has 154 valence electrons. The first-order valence-electron chi connectivity index (χ1n) is 8.95. The third kappa shape index (κ3) is 4.78. The number of hydrogen-bond acceptors (Lipinski definition) is 7. The summed E-state index contributed by atoms with van der Waals surface area (Å²) in [7, 11) is -2.49. The van der Waals surface area contributed by atoms with Crippen molar-refractivity contribution in [1.82, 2.24) is 9.21 Å². The van der Waals surface area contributed by atoms with E-state index in [1.54, 1.807) is 6.07 Å². The van der Waals surface area contributed by atoms with Gasteiger partial charge >= 0.3 is 5.97 Å². The number of non-ortho nitro benzene ring substituents is 1. The number of nitro benzene ring substituents is 1. The minimum atomic E-state index is -3.73. The molecule has 0 bridgehead atoms. The summed E-state index contributed by atoms with van der Waals surface area (Å²) >= 11 is 0. The second-order valence-electron chi connectivity index (χ2n) is 6.63. The molecule has 0 saturated carbocycles. The molecule has 0 spiro atoms. The molecule has 2 aromatic carbocycles. The van der Waals surface area contributed by atoms with Crippen molar-refractivity contribution in [3.8, 4) is 0 Å². The number of ether oxygens (including phenoxy) is 1. The average molecular weight is 419 g/mol. The average Bonchev–Trinajstić information content (AvgIpc) is 2.74. The second kappa shape index (κ2) is 8.68. The summed E-state index contributed by atoms with van der Waals surface area (Å²) in [4.78, 5) is 24.2. The first-order chi connectivity index (χ1) is 13.8. The Balaban J connectivity index is 1.66. The Hall–Kier alpha value is -2.82. The lowest BCUT2D eigenvalue weighted by molar-refractivity contribution is -0.384. The lowest BCUT2D eigenvalue weighted by Gasteiger charge is -2.34. The van der Waals surface area contributed by atoms with Crippen LogP contribution in [0.25, 0.3) is 0 Å². The van der Waals surface area contributed by atoms with Gasteiger partial charge in [-0.1, -0.05) is 18.2 Å². The lowest BCUT2D eigenvalue weighted by atomic mass is 10.2. The van der Waals surface area contributed by atoms with Gasteiger partial charge < -0.3 is 4.74 Å². The maximum absolute atomic E-state index is 12.9. The number of benzene rings is 2. The van der Waals surface area contributed by atoms with Gasteiger partial charge in [0.1, 0.15) is 0 Å². The predicted molar refractivity (Wildman–Crippen MR) is 105 cm³/mol. The molecule has 29 heavy (non-hydrogen) atoms. The Bertz CT molecular complexity index is 1020. The van der Waals surface area contributed by atoms with E-state index in [9.17, 15) is 23.3 Å². The fourth-order valence-electron chi connectivity index (χ4n) is 3.21. The van der Waals surface area contributed by atoms with Crippen LogP contribution in [0.1, 0.15) is 15.9 Å². The van der Waals surface area contributed by atoms with Gasteiger partial charge in [0.25, 0.3) is 5.69 Å². The van der Waals surface area contributed by atoms with Gasteiger partial charge in [-0.2, -0.15) is 4.31 Å². The Morgan fingerprint density at radius 1 is 1.10 bits per heavy atom. The van der Waals surface area contributed by atoms with Gasteiger partial charge in [-0.05, 0) is 23.8 Å². The van der Waals surface area contributed by atoms with Crippen molar-refractivity contribution in [3.63, 3.8) is 0 Å². The van der Waals surface area contributed by atoms with Gasteiger partial charge in [-0.15, -0.1) is 0 Å². The first-order valence-corrected chi connectivity index (χ1v) is 10.4. The highest BCUT2D eigenvalue weighted by Crippen LogP contribution is 2.21. The number of rotatable bonds is 6. The topological polar surface area (TPSA) is 110 Å². The van der Waals surface area contributed by atoms with E-state index in [-0.39, 0.29) is 16.1 Å². The Morgan fingerprint density at radius 2 is 1.79 bits per heavy atom. The molecule has 1 fully saturated rings. The summed E-state index contributed by atoms with van der Waals surface area (Å²) in [6, 6.07) is 12.2. The van der Waals surface area contributed by atoms with Crippen LogP contribution in [0, 0.1) is 10.1 Å². The van der Waals surface area contributed by atoms with Crippen molar-refractivity contribution in [2.24, 2.45) is 0 Å². The van der Waals surface area contributed by atoms with E-state index in [1.165, 1.54) is 47.8 Å². The molecule has 1 heterocycles. The number of carbonyl (C=O) groups is 1. The maximum Gasteiger partial charge on any atom is 0.337 e. The van der Waals surface area contributed by atoms with Crippen LogP contribution >= 0.6 is 0 Å². The molecular formula is C19H21N3O6S. The van der Waals surface area contributed by atoms with E-state index in [0.29, 0.717) is 32.7 Å². The van der Waals surface area contributed by atoms with Gasteiger partial charge in [0.05, 0.1) is 22.5 Å².